The van der Waals surface area contributed by atoms with Gasteiger partial charge < -0.3 is 0 Å². The van der Waals surface area contributed by atoms with Gasteiger partial charge in [-0.1, -0.05) is 38.8 Å². The van der Waals surface area contributed by atoms with E-state index in [9.17, 15) is 8.42 Å². The van der Waals surface area contributed by atoms with Gasteiger partial charge in [0.25, 0.3) is 0 Å². The van der Waals surface area contributed by atoms with Crippen LogP contribution in [0.3, 0.4) is 0 Å². The molecule has 0 heterocycles. The predicted octanol–water partition coefficient (Wildman–Crippen LogP) is 4.22. The number of benzene rings is 1. The van der Waals surface area contributed by atoms with Gasteiger partial charge in [-0.2, -0.15) is 0 Å². The van der Waals surface area contributed by atoms with Crippen molar-refractivity contribution < 1.29 is 8.42 Å². The molecular formula is C12H16Br3NO2S. The standard InChI is InChI=1S/C12H16Br3NO2S/c1-8(3-4-13)7-16-19(17,18)12-6-10(14)9(2)5-11(12)15/h5-6,8,16H,3-4,7H2,1-2H3. The molecular weight excluding hydrogens is 462 g/mol. The van der Waals surface area contributed by atoms with Crippen LogP contribution in [0, 0.1) is 12.8 Å². The summed E-state index contributed by atoms with van der Waals surface area (Å²) in [6.07, 6.45) is 0.932. The van der Waals surface area contributed by atoms with Crippen LogP contribution in [0.1, 0.15) is 18.9 Å². The largest absolute Gasteiger partial charge is 0.241 e. The Hall–Kier alpha value is 0.570. The second-order valence-corrected chi connectivity index (χ2v) is 8.70. The van der Waals surface area contributed by atoms with Crippen molar-refractivity contribution in [3.8, 4) is 0 Å². The minimum Gasteiger partial charge on any atom is -0.211 e. The lowest BCUT2D eigenvalue weighted by Crippen LogP contribution is -2.29. The third kappa shape index (κ3) is 5.12. The molecule has 0 saturated carbocycles. The zero-order chi connectivity index (χ0) is 14.6. The summed E-state index contributed by atoms with van der Waals surface area (Å²) in [5.41, 5.74) is 0.985. The number of halogens is 3. The Morgan fingerprint density at radius 1 is 1.26 bits per heavy atom. The third-order valence-corrected chi connectivity index (χ3v) is 6.42. The maximum absolute atomic E-state index is 12.3. The van der Waals surface area contributed by atoms with E-state index in [1.165, 1.54) is 0 Å². The van der Waals surface area contributed by atoms with E-state index in [0.29, 0.717) is 16.9 Å². The van der Waals surface area contributed by atoms with Crippen molar-refractivity contribution in [1.29, 1.82) is 0 Å². The molecule has 3 nitrogen and oxygen atoms in total. The van der Waals surface area contributed by atoms with Crippen LogP contribution in [-0.2, 0) is 10.0 Å². The Kier molecular flexibility index (Phi) is 6.99. The van der Waals surface area contributed by atoms with Crippen molar-refractivity contribution in [2.24, 2.45) is 5.92 Å². The minimum absolute atomic E-state index is 0.260. The molecule has 0 amide bonds. The van der Waals surface area contributed by atoms with E-state index in [2.05, 4.69) is 52.5 Å². The second kappa shape index (κ2) is 7.54. The molecule has 1 unspecified atom stereocenters. The van der Waals surface area contributed by atoms with E-state index in [4.69, 9.17) is 0 Å². The lowest BCUT2D eigenvalue weighted by Gasteiger charge is -2.13. The van der Waals surface area contributed by atoms with Crippen LogP contribution in [0.2, 0.25) is 0 Å². The molecule has 1 atom stereocenters. The molecule has 1 aromatic carbocycles. The first kappa shape index (κ1) is 17.6. The van der Waals surface area contributed by atoms with Gasteiger partial charge in [-0.15, -0.1) is 0 Å². The summed E-state index contributed by atoms with van der Waals surface area (Å²) < 4.78 is 28.5. The summed E-state index contributed by atoms with van der Waals surface area (Å²) in [6, 6.07) is 3.41. The maximum atomic E-state index is 12.3. The van der Waals surface area contributed by atoms with Gasteiger partial charge in [0.2, 0.25) is 10.0 Å². The fourth-order valence-corrected chi connectivity index (χ4v) is 5.07. The van der Waals surface area contributed by atoms with Crippen molar-refractivity contribution in [2.45, 2.75) is 25.2 Å². The summed E-state index contributed by atoms with van der Waals surface area (Å²) in [7, 11) is -3.49. The monoisotopic (exact) mass is 475 g/mol. The Bertz CT molecular complexity index is 546. The minimum atomic E-state index is -3.49. The predicted molar refractivity (Wildman–Crippen MR) is 89.3 cm³/mol. The van der Waals surface area contributed by atoms with Gasteiger partial charge in [0, 0.05) is 20.8 Å². The summed E-state index contributed by atoms with van der Waals surface area (Å²) in [4.78, 5) is 0.260. The van der Waals surface area contributed by atoms with Crippen LogP contribution in [0.5, 0.6) is 0 Å². The molecule has 1 N–H and O–H groups in total. The highest BCUT2D eigenvalue weighted by Gasteiger charge is 2.19. The molecule has 0 radical (unpaired) electrons. The van der Waals surface area contributed by atoms with Crippen LogP contribution in [0.15, 0.2) is 26.0 Å². The van der Waals surface area contributed by atoms with Crippen LogP contribution in [-0.4, -0.2) is 20.3 Å². The molecule has 0 aromatic heterocycles. The van der Waals surface area contributed by atoms with Crippen molar-refractivity contribution in [2.75, 3.05) is 11.9 Å². The number of sulfonamides is 1. The number of alkyl halides is 1. The summed E-state index contributed by atoms with van der Waals surface area (Å²) in [5, 5.41) is 0.871. The Balaban J connectivity index is 2.92. The highest BCUT2D eigenvalue weighted by molar-refractivity contribution is 9.11. The molecule has 7 heteroatoms. The Labute approximate surface area is 140 Å². The fraction of sp³-hybridized carbons (Fsp3) is 0.500. The molecule has 0 aliphatic rings. The Morgan fingerprint density at radius 2 is 1.89 bits per heavy atom. The fourth-order valence-electron chi connectivity index (χ4n) is 1.45. The normalized spacial score (nSPS) is 13.5. The molecule has 0 aliphatic carbocycles. The van der Waals surface area contributed by atoms with Crippen molar-refractivity contribution >= 4 is 57.8 Å². The topological polar surface area (TPSA) is 46.2 Å². The number of rotatable bonds is 6. The zero-order valence-corrected chi connectivity index (χ0v) is 16.3. The van der Waals surface area contributed by atoms with Crippen LogP contribution >= 0.6 is 47.8 Å². The van der Waals surface area contributed by atoms with Gasteiger partial charge in [-0.25, -0.2) is 13.1 Å². The van der Waals surface area contributed by atoms with Crippen molar-refractivity contribution in [1.82, 2.24) is 4.72 Å². The Morgan fingerprint density at radius 3 is 2.47 bits per heavy atom. The molecule has 0 aliphatic heterocycles. The number of nitrogens with one attached hydrogen (secondary N) is 1. The lowest BCUT2D eigenvalue weighted by atomic mass is 10.1. The van der Waals surface area contributed by atoms with E-state index in [1.807, 2.05) is 13.8 Å². The molecule has 19 heavy (non-hydrogen) atoms. The van der Waals surface area contributed by atoms with Crippen LogP contribution in [0.25, 0.3) is 0 Å². The molecule has 0 fully saturated rings. The zero-order valence-electron chi connectivity index (χ0n) is 10.7. The smallest absolute Gasteiger partial charge is 0.211 e. The quantitative estimate of drug-likeness (QED) is 0.623. The number of hydrogen-bond acceptors (Lipinski definition) is 2. The molecule has 0 bridgehead atoms. The van der Waals surface area contributed by atoms with Gasteiger partial charge >= 0.3 is 0 Å². The van der Waals surface area contributed by atoms with E-state index in [-0.39, 0.29) is 4.90 Å². The highest BCUT2D eigenvalue weighted by atomic mass is 79.9. The van der Waals surface area contributed by atoms with Gasteiger partial charge in [0.1, 0.15) is 0 Å². The van der Waals surface area contributed by atoms with Crippen LogP contribution in [0.4, 0.5) is 0 Å². The molecule has 1 aromatic rings. The number of hydrogen-bond donors (Lipinski definition) is 1. The molecule has 108 valence electrons. The van der Waals surface area contributed by atoms with Gasteiger partial charge in [-0.05, 0) is 52.9 Å². The van der Waals surface area contributed by atoms with E-state index < -0.39 is 10.0 Å². The first-order chi connectivity index (χ1) is 8.77. The molecule has 0 spiro atoms. The van der Waals surface area contributed by atoms with Gasteiger partial charge in [-0.3, -0.25) is 0 Å². The molecule has 0 saturated heterocycles. The number of aryl methyl sites for hydroxylation is 1. The van der Waals surface area contributed by atoms with E-state index in [1.54, 1.807) is 12.1 Å². The van der Waals surface area contributed by atoms with Crippen molar-refractivity contribution in [3.63, 3.8) is 0 Å². The maximum Gasteiger partial charge on any atom is 0.241 e. The van der Waals surface area contributed by atoms with E-state index in [0.717, 1.165) is 21.8 Å². The van der Waals surface area contributed by atoms with E-state index >= 15 is 0 Å². The first-order valence-electron chi connectivity index (χ1n) is 5.79. The molecule has 1 rings (SSSR count). The average Bonchev–Trinajstić information content (AvgIpc) is 2.31. The highest BCUT2D eigenvalue weighted by Crippen LogP contribution is 2.28. The summed E-state index contributed by atoms with van der Waals surface area (Å²) >= 11 is 10.0. The summed E-state index contributed by atoms with van der Waals surface area (Å²) in [5.74, 6) is 0.293. The SMILES string of the molecule is Cc1cc(Br)c(S(=O)(=O)NCC(C)CCBr)cc1Br. The van der Waals surface area contributed by atoms with Crippen molar-refractivity contribution in [3.05, 3.63) is 26.6 Å². The second-order valence-electron chi connectivity index (χ2n) is 4.47. The van der Waals surface area contributed by atoms with Gasteiger partial charge in [0.05, 0.1) is 4.90 Å². The van der Waals surface area contributed by atoms with Gasteiger partial charge in [0.15, 0.2) is 0 Å². The third-order valence-electron chi connectivity index (χ3n) is 2.73. The lowest BCUT2D eigenvalue weighted by molar-refractivity contribution is 0.531. The first-order valence-corrected chi connectivity index (χ1v) is 9.98. The summed E-state index contributed by atoms with van der Waals surface area (Å²) in [6.45, 7) is 4.37. The van der Waals surface area contributed by atoms with Crippen LogP contribution < -0.4 is 4.72 Å². The average molecular weight is 478 g/mol.